The molecule has 0 N–H and O–H groups in total. The van der Waals surface area contributed by atoms with Crippen molar-refractivity contribution in [3.63, 3.8) is 0 Å². The number of hydrogen-bond acceptors (Lipinski definition) is 0. The molecule has 3 nitrogen and oxygen atoms in total. The zero-order chi connectivity index (χ0) is 35.0. The van der Waals surface area contributed by atoms with Gasteiger partial charge < -0.3 is 0 Å². The van der Waals surface area contributed by atoms with Crippen LogP contribution in [0.1, 0.15) is 33.4 Å². The smallest absolute Gasteiger partial charge is 0.173 e. The van der Waals surface area contributed by atoms with Crippen molar-refractivity contribution in [2.75, 3.05) is 0 Å². The first-order valence-electron chi connectivity index (χ1n) is 17.1. The fourth-order valence-corrected chi connectivity index (χ4v) is 7.35. The van der Waals surface area contributed by atoms with Crippen LogP contribution in [0.15, 0.2) is 165 Å². The van der Waals surface area contributed by atoms with Gasteiger partial charge in [-0.25, -0.2) is 13.7 Å². The largest absolute Gasteiger partial charge is 0.201 e. The van der Waals surface area contributed by atoms with Gasteiger partial charge in [0.15, 0.2) is 56.8 Å². The number of rotatable bonds is 12. The van der Waals surface area contributed by atoms with Crippen molar-refractivity contribution in [3.8, 4) is 33.4 Å². The fraction of sp³-hybridized carbons (Fsp3) is 0.133. The number of benzene rings is 4. The van der Waals surface area contributed by atoms with E-state index in [9.17, 15) is 0 Å². The van der Waals surface area contributed by atoms with Gasteiger partial charge in [0.25, 0.3) is 0 Å². The first kappa shape index (κ1) is 35.2. The Balaban J connectivity index is 1.17. The summed E-state index contributed by atoms with van der Waals surface area (Å²) < 4.78 is 6.72. The van der Waals surface area contributed by atoms with Gasteiger partial charge in [0.2, 0.25) is 0 Å². The highest BCUT2D eigenvalue weighted by atomic mass is 79.9. The second-order valence-electron chi connectivity index (χ2n) is 12.9. The Hall–Kier alpha value is -4.23. The van der Waals surface area contributed by atoms with E-state index in [4.69, 9.17) is 0 Å². The summed E-state index contributed by atoms with van der Waals surface area (Å²) in [6.45, 7) is 2.51. The maximum Gasteiger partial charge on any atom is 0.173 e. The topological polar surface area (TPSA) is 11.6 Å². The van der Waals surface area contributed by atoms with E-state index in [1.807, 2.05) is 0 Å². The summed E-state index contributed by atoms with van der Waals surface area (Å²) in [4.78, 5) is 0. The zero-order valence-corrected chi connectivity index (χ0v) is 33.1. The standard InChI is InChI=1S/C45H39Br3N3/c46-28-34-1-7-37(8-2-34)31-49-19-13-40(14-20-49)43-25-44(41-15-21-50(22-16-41)32-38-9-3-35(29-47)4-10-38)27-45(26-43)42-17-23-51(24-18-42)33-39-11-5-36(30-48)6-12-39/h1-27H,28-33H2/q+3. The van der Waals surface area contributed by atoms with Crippen LogP contribution in [0.25, 0.3) is 33.4 Å². The zero-order valence-electron chi connectivity index (χ0n) is 28.3. The highest BCUT2D eigenvalue weighted by Crippen LogP contribution is 2.32. The van der Waals surface area contributed by atoms with Crippen LogP contribution in [-0.2, 0) is 35.6 Å². The van der Waals surface area contributed by atoms with E-state index < -0.39 is 0 Å². The van der Waals surface area contributed by atoms with Gasteiger partial charge in [0.1, 0.15) is 0 Å². The summed E-state index contributed by atoms with van der Waals surface area (Å²) in [5.41, 5.74) is 14.9. The summed E-state index contributed by atoms with van der Waals surface area (Å²) in [6.07, 6.45) is 13.1. The molecule has 6 heteroatoms. The molecule has 0 aliphatic heterocycles. The van der Waals surface area contributed by atoms with Gasteiger partial charge in [-0.3, -0.25) is 0 Å². The summed E-state index contributed by atoms with van der Waals surface area (Å²) in [6, 6.07) is 46.7. The van der Waals surface area contributed by atoms with Crippen LogP contribution in [0.2, 0.25) is 0 Å². The maximum atomic E-state index is 3.55. The molecule has 7 aromatic rings. The molecule has 0 radical (unpaired) electrons. The molecule has 0 aliphatic rings. The van der Waals surface area contributed by atoms with Crippen LogP contribution in [0.5, 0.6) is 0 Å². The van der Waals surface area contributed by atoms with Gasteiger partial charge in [-0.1, -0.05) is 121 Å². The van der Waals surface area contributed by atoms with Crippen LogP contribution in [0.3, 0.4) is 0 Å². The SMILES string of the molecule is BrCc1ccc(C[n+]2ccc(-c3cc(-c4cc[n+](Cc5ccc(CBr)cc5)cc4)cc(-c4cc[n+](Cc5ccc(CBr)cc5)cc4)c3)cc2)cc1. The van der Waals surface area contributed by atoms with Gasteiger partial charge in [-0.05, 0) is 68.3 Å². The van der Waals surface area contributed by atoms with Crippen LogP contribution < -0.4 is 13.7 Å². The molecular weight excluding hydrogens is 822 g/mol. The molecule has 0 unspecified atom stereocenters. The van der Waals surface area contributed by atoms with Crippen LogP contribution >= 0.6 is 47.8 Å². The molecule has 0 fully saturated rings. The molecule has 3 heterocycles. The molecule has 252 valence electrons. The van der Waals surface area contributed by atoms with Crippen molar-refractivity contribution in [2.24, 2.45) is 0 Å². The van der Waals surface area contributed by atoms with E-state index in [1.54, 1.807) is 0 Å². The third-order valence-corrected chi connectivity index (χ3v) is 11.2. The minimum atomic E-state index is 0.837. The Morgan fingerprint density at radius 2 is 0.490 bits per heavy atom. The average molecular weight is 862 g/mol. The number of pyridine rings is 3. The van der Waals surface area contributed by atoms with Crippen molar-refractivity contribution in [2.45, 2.75) is 35.6 Å². The molecular formula is C45H39Br3N3+3. The number of alkyl halides is 3. The highest BCUT2D eigenvalue weighted by Gasteiger charge is 2.13. The van der Waals surface area contributed by atoms with Crippen molar-refractivity contribution in [1.82, 2.24) is 0 Å². The fourth-order valence-electron chi connectivity index (χ4n) is 6.23. The number of hydrogen-bond donors (Lipinski definition) is 0. The lowest BCUT2D eigenvalue weighted by Gasteiger charge is -2.11. The Bertz CT molecular complexity index is 1910. The lowest BCUT2D eigenvalue weighted by atomic mass is 9.94. The molecule has 0 spiro atoms. The average Bonchev–Trinajstić information content (AvgIpc) is 3.19. The molecule has 0 atom stereocenters. The van der Waals surface area contributed by atoms with Gasteiger partial charge in [-0.15, -0.1) is 0 Å². The maximum absolute atomic E-state index is 3.55. The molecule has 4 aromatic carbocycles. The third kappa shape index (κ3) is 9.17. The van der Waals surface area contributed by atoms with Crippen molar-refractivity contribution >= 4 is 47.8 Å². The Labute approximate surface area is 326 Å². The highest BCUT2D eigenvalue weighted by molar-refractivity contribution is 9.09. The second-order valence-corrected chi connectivity index (χ2v) is 14.6. The monoisotopic (exact) mass is 858 g/mol. The lowest BCUT2D eigenvalue weighted by molar-refractivity contribution is -0.688. The molecule has 0 saturated carbocycles. The van der Waals surface area contributed by atoms with Crippen LogP contribution in [-0.4, -0.2) is 0 Å². The number of halogens is 3. The second kappa shape index (κ2) is 16.9. The van der Waals surface area contributed by atoms with Crippen molar-refractivity contribution in [1.29, 1.82) is 0 Å². The van der Waals surface area contributed by atoms with E-state index in [-0.39, 0.29) is 0 Å². The lowest BCUT2D eigenvalue weighted by Crippen LogP contribution is -2.33. The molecule has 7 rings (SSSR count). The Morgan fingerprint density at radius 3 is 0.706 bits per heavy atom. The summed E-state index contributed by atoms with van der Waals surface area (Å²) in [5, 5.41) is 2.63. The molecule has 51 heavy (non-hydrogen) atoms. The van der Waals surface area contributed by atoms with Gasteiger partial charge in [0.05, 0.1) is 0 Å². The van der Waals surface area contributed by atoms with E-state index >= 15 is 0 Å². The number of nitrogens with zero attached hydrogens (tertiary/aromatic N) is 3. The van der Waals surface area contributed by atoms with Gasteiger partial charge >= 0.3 is 0 Å². The normalized spacial score (nSPS) is 11.1. The summed E-state index contributed by atoms with van der Waals surface area (Å²) in [5.74, 6) is 0. The van der Waals surface area contributed by atoms with Crippen molar-refractivity contribution in [3.05, 3.63) is 198 Å². The molecule has 0 aliphatic carbocycles. The van der Waals surface area contributed by atoms with Gasteiger partial charge in [0, 0.05) is 69.1 Å². The predicted octanol–water partition coefficient (Wildman–Crippen LogP) is 10.4. The molecule has 0 saturated heterocycles. The molecule has 3 aromatic heterocycles. The van der Waals surface area contributed by atoms with E-state index in [0.717, 1.165) is 35.6 Å². The first-order valence-corrected chi connectivity index (χ1v) is 20.5. The molecule has 0 amide bonds. The number of aromatic nitrogens is 3. The predicted molar refractivity (Wildman–Crippen MR) is 218 cm³/mol. The van der Waals surface area contributed by atoms with Crippen LogP contribution in [0, 0.1) is 0 Å². The molecule has 0 bridgehead atoms. The Morgan fingerprint density at radius 1 is 0.275 bits per heavy atom. The third-order valence-electron chi connectivity index (χ3n) is 9.23. The summed E-state index contributed by atoms with van der Waals surface area (Å²) in [7, 11) is 0. The minimum Gasteiger partial charge on any atom is -0.201 e. The van der Waals surface area contributed by atoms with Crippen LogP contribution in [0.4, 0.5) is 0 Å². The van der Waals surface area contributed by atoms with E-state index in [0.29, 0.717) is 0 Å². The Kier molecular flexibility index (Phi) is 11.6. The first-order chi connectivity index (χ1) is 25.0. The quantitative estimate of drug-likeness (QED) is 0.0857. The summed E-state index contributed by atoms with van der Waals surface area (Å²) >= 11 is 10.6. The van der Waals surface area contributed by atoms with Gasteiger partial charge in [-0.2, -0.15) is 0 Å². The van der Waals surface area contributed by atoms with E-state index in [2.05, 4.69) is 226 Å². The van der Waals surface area contributed by atoms with Crippen molar-refractivity contribution < 1.29 is 13.7 Å². The van der Waals surface area contributed by atoms with E-state index in [1.165, 1.54) is 66.8 Å². The minimum absolute atomic E-state index is 0.837.